The number of hydrogen-bond acceptors (Lipinski definition) is 9. The summed E-state index contributed by atoms with van der Waals surface area (Å²) in [6.07, 6.45) is 0.714. The monoisotopic (exact) mass is 451 g/mol. The topological polar surface area (TPSA) is 133 Å². The van der Waals surface area contributed by atoms with E-state index in [9.17, 15) is 20.2 Å². The molecule has 0 bridgehead atoms. The Kier molecular flexibility index (Phi) is 13.1. The molecule has 0 aliphatic rings. The van der Waals surface area contributed by atoms with Crippen molar-refractivity contribution in [3.63, 3.8) is 0 Å². The second kappa shape index (κ2) is 14.4. The lowest BCUT2D eigenvalue weighted by molar-refractivity contribution is -0.758. The first kappa shape index (κ1) is 26.4. The van der Waals surface area contributed by atoms with Gasteiger partial charge in [-0.1, -0.05) is 18.2 Å². The Morgan fingerprint density at radius 3 is 2.17 bits per heavy atom. The molecule has 1 aromatic heterocycles. The van der Waals surface area contributed by atoms with Crippen LogP contribution in [0.15, 0.2) is 36.4 Å². The number of halogens is 2. The summed E-state index contributed by atoms with van der Waals surface area (Å²) >= 11 is 0. The molecule has 0 spiro atoms. The molecule has 2 aromatic rings. The van der Waals surface area contributed by atoms with E-state index in [4.69, 9.17) is 0 Å². The molecule has 1 aromatic carbocycles. The predicted molar refractivity (Wildman–Crippen MR) is 112 cm³/mol. The molecule has 2 rings (SSSR count). The molecule has 0 fully saturated rings. The Hall–Kier alpha value is -2.63. The fraction of sp³-hybridized carbons (Fsp3) is 0.438. The molecule has 11 nitrogen and oxygen atoms in total. The van der Waals surface area contributed by atoms with Crippen molar-refractivity contribution in [3.8, 4) is 0 Å². The van der Waals surface area contributed by atoms with Crippen molar-refractivity contribution < 1.29 is 19.8 Å². The molecular weight excluding hydrogens is 429 g/mol. The van der Waals surface area contributed by atoms with Gasteiger partial charge >= 0.3 is 0 Å². The third kappa shape index (κ3) is 10.5. The average molecular weight is 452 g/mol. The van der Waals surface area contributed by atoms with Crippen molar-refractivity contribution >= 4 is 41.5 Å². The number of anilines is 1. The van der Waals surface area contributed by atoms with Crippen LogP contribution in [-0.2, 0) is 9.68 Å². The molecule has 1 N–H and O–H groups in total. The quantitative estimate of drug-likeness (QED) is 0.277. The Labute approximate surface area is 179 Å². The van der Waals surface area contributed by atoms with Crippen LogP contribution in [0.1, 0.15) is 6.42 Å². The molecule has 0 atom stereocenters. The molecule has 0 amide bonds. The second-order valence-electron chi connectivity index (χ2n) is 5.62. The van der Waals surface area contributed by atoms with Crippen molar-refractivity contribution in [2.45, 2.75) is 6.42 Å². The fourth-order valence-electron chi connectivity index (χ4n) is 2.51. The summed E-state index contributed by atoms with van der Waals surface area (Å²) in [7, 11) is 0. The molecular formula is C16H23Cl2N5O6. The van der Waals surface area contributed by atoms with E-state index in [-0.39, 0.29) is 51.1 Å². The zero-order valence-electron chi connectivity index (χ0n) is 15.5. The lowest BCUT2D eigenvalue weighted by Crippen LogP contribution is -2.33. The molecule has 29 heavy (non-hydrogen) atoms. The molecule has 0 aliphatic carbocycles. The summed E-state index contributed by atoms with van der Waals surface area (Å²) in [4.78, 5) is 35.4. The van der Waals surface area contributed by atoms with Crippen molar-refractivity contribution in [1.29, 1.82) is 0 Å². The van der Waals surface area contributed by atoms with Crippen molar-refractivity contribution in [2.24, 2.45) is 0 Å². The van der Waals surface area contributed by atoms with E-state index >= 15 is 0 Å². The highest BCUT2D eigenvalue weighted by Crippen LogP contribution is 2.14. The zero-order valence-corrected chi connectivity index (χ0v) is 17.1. The summed E-state index contributed by atoms with van der Waals surface area (Å²) in [5.74, 6) is 0.758. The van der Waals surface area contributed by atoms with Crippen LogP contribution >= 0.6 is 24.8 Å². The Bertz CT molecular complexity index is 749. The lowest BCUT2D eigenvalue weighted by Gasteiger charge is -2.21. The molecule has 0 saturated carbocycles. The summed E-state index contributed by atoms with van der Waals surface area (Å²) in [5, 5.41) is 23.0. The maximum atomic E-state index is 10.2. The van der Waals surface area contributed by atoms with E-state index < -0.39 is 10.2 Å². The van der Waals surface area contributed by atoms with Crippen LogP contribution in [0.3, 0.4) is 0 Å². The van der Waals surface area contributed by atoms with Gasteiger partial charge in [0.2, 0.25) is 0 Å². The maximum Gasteiger partial charge on any atom is 0.294 e. The second-order valence-corrected chi connectivity index (χ2v) is 5.62. The zero-order chi connectivity index (χ0) is 19.5. The number of nitrogens with one attached hydrogen (secondary N) is 1. The minimum absolute atomic E-state index is 0. The molecule has 162 valence electrons. The fourth-order valence-corrected chi connectivity index (χ4v) is 2.51. The Balaban J connectivity index is 0.00000392. The predicted octanol–water partition coefficient (Wildman–Crippen LogP) is 2.60. The highest BCUT2D eigenvalue weighted by Gasteiger charge is 2.08. The Morgan fingerprint density at radius 1 is 0.931 bits per heavy atom. The minimum atomic E-state index is -0.862. The van der Waals surface area contributed by atoms with E-state index in [2.05, 4.69) is 20.0 Å². The summed E-state index contributed by atoms with van der Waals surface area (Å²) in [6, 6.07) is 11.7. The van der Waals surface area contributed by atoms with Crippen molar-refractivity contribution in [1.82, 2.24) is 9.88 Å². The first-order chi connectivity index (χ1) is 13.0. The highest BCUT2D eigenvalue weighted by atomic mass is 35.5. The average Bonchev–Trinajstić information content (AvgIpc) is 2.64. The highest BCUT2D eigenvalue weighted by molar-refractivity contribution is 5.85. The SMILES string of the molecule is Cl.Cl.O=[N+]([O-])OCCN(CCCNc1ccc2ccccc2n1)CCO[N+](=O)[O-]. The number of fused-ring (bicyclic) bond motifs is 1. The maximum absolute atomic E-state index is 10.2. The van der Waals surface area contributed by atoms with Gasteiger partial charge in [-0.2, -0.15) is 0 Å². The molecule has 0 saturated heterocycles. The first-order valence-electron chi connectivity index (χ1n) is 8.41. The minimum Gasteiger partial charge on any atom is -0.370 e. The van der Waals surface area contributed by atoms with Crippen LogP contribution in [0.25, 0.3) is 10.9 Å². The summed E-state index contributed by atoms with van der Waals surface area (Å²) in [6.45, 7) is 1.54. The smallest absolute Gasteiger partial charge is 0.294 e. The molecule has 1 heterocycles. The van der Waals surface area contributed by atoms with E-state index in [0.29, 0.717) is 19.5 Å². The van der Waals surface area contributed by atoms with E-state index in [1.807, 2.05) is 41.3 Å². The number of rotatable bonds is 13. The van der Waals surface area contributed by atoms with Crippen LogP contribution in [0.4, 0.5) is 5.82 Å². The molecule has 0 aliphatic heterocycles. The number of benzene rings is 1. The number of nitrogens with zero attached hydrogens (tertiary/aromatic N) is 4. The van der Waals surface area contributed by atoms with Crippen LogP contribution in [0.2, 0.25) is 0 Å². The number of aromatic nitrogens is 1. The first-order valence-corrected chi connectivity index (χ1v) is 8.41. The third-order valence-electron chi connectivity index (χ3n) is 3.76. The van der Waals surface area contributed by atoms with Crippen LogP contribution in [0, 0.1) is 20.2 Å². The molecule has 0 unspecified atom stereocenters. The van der Waals surface area contributed by atoms with Gasteiger partial charge < -0.3 is 15.0 Å². The van der Waals surface area contributed by atoms with E-state index in [1.165, 1.54) is 0 Å². The van der Waals surface area contributed by atoms with Crippen molar-refractivity contribution in [2.75, 3.05) is 44.7 Å². The van der Waals surface area contributed by atoms with Gasteiger partial charge in [0.15, 0.2) is 0 Å². The van der Waals surface area contributed by atoms with Crippen LogP contribution in [-0.4, -0.2) is 59.4 Å². The van der Waals surface area contributed by atoms with Gasteiger partial charge in [0, 0.05) is 25.0 Å². The van der Waals surface area contributed by atoms with Gasteiger partial charge in [0.25, 0.3) is 10.2 Å². The van der Waals surface area contributed by atoms with Crippen LogP contribution < -0.4 is 5.32 Å². The number of hydrogen-bond donors (Lipinski definition) is 1. The summed E-state index contributed by atoms with van der Waals surface area (Å²) in [5.41, 5.74) is 0.901. The van der Waals surface area contributed by atoms with Gasteiger partial charge in [-0.25, -0.2) is 4.98 Å². The third-order valence-corrected chi connectivity index (χ3v) is 3.76. The van der Waals surface area contributed by atoms with Crippen LogP contribution in [0.5, 0.6) is 0 Å². The Morgan fingerprint density at radius 2 is 1.55 bits per heavy atom. The largest absolute Gasteiger partial charge is 0.370 e. The van der Waals surface area contributed by atoms with Gasteiger partial charge in [-0.3, -0.25) is 4.90 Å². The van der Waals surface area contributed by atoms with E-state index in [0.717, 1.165) is 16.7 Å². The van der Waals surface area contributed by atoms with Gasteiger partial charge in [-0.15, -0.1) is 45.0 Å². The van der Waals surface area contributed by atoms with Gasteiger partial charge in [-0.05, 0) is 31.2 Å². The standard InChI is InChI=1S/C16H21N5O6.2ClH/c22-20(23)26-12-10-19(11-13-27-21(24)25)9-3-8-17-16-7-6-14-4-1-2-5-15(14)18-16;;/h1-2,4-7H,3,8-13H2,(H,17,18);2*1H. The van der Waals surface area contributed by atoms with Gasteiger partial charge in [0.1, 0.15) is 19.0 Å². The number of para-hydroxylation sites is 1. The molecule has 13 heteroatoms. The normalized spacial score (nSPS) is 9.97. The molecule has 0 radical (unpaired) electrons. The summed E-state index contributed by atoms with van der Waals surface area (Å²) < 4.78 is 0. The van der Waals surface area contributed by atoms with Gasteiger partial charge in [0.05, 0.1) is 5.52 Å². The lowest BCUT2D eigenvalue weighted by atomic mass is 10.2. The van der Waals surface area contributed by atoms with E-state index in [1.54, 1.807) is 0 Å². The number of pyridine rings is 1. The van der Waals surface area contributed by atoms with Crippen molar-refractivity contribution in [3.05, 3.63) is 56.6 Å².